The van der Waals surface area contributed by atoms with Crippen LogP contribution < -0.4 is 4.74 Å². The van der Waals surface area contributed by atoms with Gasteiger partial charge in [-0.05, 0) is 6.07 Å². The van der Waals surface area contributed by atoms with Gasteiger partial charge >= 0.3 is 5.97 Å². The number of carbonyl (C=O) groups is 1. The molecule has 0 aromatic carbocycles. The summed E-state index contributed by atoms with van der Waals surface area (Å²) in [4.78, 5) is 17.9. The number of fused-ring (bicyclic) bond motifs is 1. The van der Waals surface area contributed by atoms with Crippen LogP contribution in [0.5, 0.6) is 5.88 Å². The van der Waals surface area contributed by atoms with Crippen LogP contribution in [-0.2, 0) is 4.74 Å². The highest BCUT2D eigenvalue weighted by atomic mass is 16.5. The molecule has 0 bridgehead atoms. The maximum absolute atomic E-state index is 10.9. The predicted octanol–water partition coefficient (Wildman–Crippen LogP) is 1.29. The number of hydrogen-bond acceptors (Lipinski definition) is 4. The van der Waals surface area contributed by atoms with Gasteiger partial charge in [0.05, 0.1) is 12.1 Å². The molecule has 0 aliphatic heterocycles. The number of carboxylic acids is 1. The zero-order valence-corrected chi connectivity index (χ0v) is 9.27. The summed E-state index contributed by atoms with van der Waals surface area (Å²) in [6, 6.07) is 3.41. The van der Waals surface area contributed by atoms with Crippen molar-refractivity contribution in [3.05, 3.63) is 23.9 Å². The Labute approximate surface area is 97.2 Å². The number of H-pyrrole nitrogens is 1. The van der Waals surface area contributed by atoms with Crippen LogP contribution >= 0.6 is 0 Å². The molecular weight excluding hydrogens is 224 g/mol. The smallest absolute Gasteiger partial charge is 0.339 e. The molecule has 2 N–H and O–H groups in total. The highest BCUT2D eigenvalue weighted by Crippen LogP contribution is 2.19. The van der Waals surface area contributed by atoms with Gasteiger partial charge in [-0.3, -0.25) is 0 Å². The van der Waals surface area contributed by atoms with Gasteiger partial charge in [-0.2, -0.15) is 0 Å². The number of ether oxygens (including phenoxy) is 2. The molecule has 0 saturated carbocycles. The molecule has 0 amide bonds. The Kier molecular flexibility index (Phi) is 3.24. The first-order valence-corrected chi connectivity index (χ1v) is 5.05. The Morgan fingerprint density at radius 3 is 3.00 bits per heavy atom. The number of pyridine rings is 1. The lowest BCUT2D eigenvalue weighted by Crippen LogP contribution is -2.05. The minimum atomic E-state index is -1.02. The molecule has 2 aromatic rings. The van der Waals surface area contributed by atoms with E-state index < -0.39 is 5.97 Å². The van der Waals surface area contributed by atoms with Crippen molar-refractivity contribution in [1.82, 2.24) is 9.97 Å². The van der Waals surface area contributed by atoms with E-state index in [-0.39, 0.29) is 5.56 Å². The molecule has 0 radical (unpaired) electrons. The largest absolute Gasteiger partial charge is 0.478 e. The summed E-state index contributed by atoms with van der Waals surface area (Å²) in [5, 5.41) is 8.96. The van der Waals surface area contributed by atoms with Crippen LogP contribution in [0.15, 0.2) is 18.3 Å². The monoisotopic (exact) mass is 236 g/mol. The van der Waals surface area contributed by atoms with Crippen LogP contribution in [0.25, 0.3) is 11.0 Å². The number of carboxylic acid groups (broad SMARTS) is 1. The lowest BCUT2D eigenvalue weighted by molar-refractivity contribution is 0.0699. The summed E-state index contributed by atoms with van der Waals surface area (Å²) in [7, 11) is 1.58. The topological polar surface area (TPSA) is 84.4 Å². The van der Waals surface area contributed by atoms with Crippen molar-refractivity contribution in [1.29, 1.82) is 0 Å². The number of methoxy groups -OCH3 is 1. The maximum Gasteiger partial charge on any atom is 0.339 e. The van der Waals surface area contributed by atoms with E-state index in [1.807, 2.05) is 0 Å². The fraction of sp³-hybridized carbons (Fsp3) is 0.273. The quantitative estimate of drug-likeness (QED) is 0.764. The summed E-state index contributed by atoms with van der Waals surface area (Å²) in [6.45, 7) is 0.834. The summed E-state index contributed by atoms with van der Waals surface area (Å²) in [6.07, 6.45) is 1.42. The molecule has 0 aliphatic rings. The van der Waals surface area contributed by atoms with Gasteiger partial charge in [-0.15, -0.1) is 0 Å². The third kappa shape index (κ3) is 2.36. The summed E-state index contributed by atoms with van der Waals surface area (Å²) >= 11 is 0. The van der Waals surface area contributed by atoms with Crippen LogP contribution in [0.1, 0.15) is 10.4 Å². The van der Waals surface area contributed by atoms with Gasteiger partial charge in [0.1, 0.15) is 17.7 Å². The lowest BCUT2D eigenvalue weighted by Gasteiger charge is -2.04. The standard InChI is InChI=1S/C11H12N2O4/c1-16-4-5-17-9-3-2-8-10(13-9)7(6-12-8)11(14)15/h2-3,6,12H,4-5H2,1H3,(H,14,15). The molecule has 17 heavy (non-hydrogen) atoms. The van der Waals surface area contributed by atoms with Crippen LogP contribution in [0, 0.1) is 0 Å². The van der Waals surface area contributed by atoms with Crippen LogP contribution in [-0.4, -0.2) is 41.4 Å². The van der Waals surface area contributed by atoms with Crippen molar-refractivity contribution >= 4 is 17.0 Å². The molecular formula is C11H12N2O4. The number of aromatic nitrogens is 2. The normalized spacial score (nSPS) is 10.6. The number of hydrogen-bond donors (Lipinski definition) is 2. The average Bonchev–Trinajstić information content (AvgIpc) is 2.72. The molecule has 90 valence electrons. The molecule has 0 unspecified atom stereocenters. The summed E-state index contributed by atoms with van der Waals surface area (Å²) in [5.41, 5.74) is 1.20. The first-order chi connectivity index (χ1) is 8.22. The van der Waals surface area contributed by atoms with E-state index in [0.29, 0.717) is 30.1 Å². The summed E-state index contributed by atoms with van der Waals surface area (Å²) < 4.78 is 10.2. The highest BCUT2D eigenvalue weighted by molar-refractivity contribution is 6.01. The predicted molar refractivity (Wildman–Crippen MR) is 60.4 cm³/mol. The third-order valence-electron chi connectivity index (χ3n) is 2.26. The van der Waals surface area contributed by atoms with E-state index in [2.05, 4.69) is 9.97 Å². The Balaban J connectivity index is 2.28. The third-order valence-corrected chi connectivity index (χ3v) is 2.26. The van der Waals surface area contributed by atoms with Crippen LogP contribution in [0.3, 0.4) is 0 Å². The second-order valence-corrected chi connectivity index (χ2v) is 3.39. The van der Waals surface area contributed by atoms with Crippen molar-refractivity contribution in [2.24, 2.45) is 0 Å². The highest BCUT2D eigenvalue weighted by Gasteiger charge is 2.12. The van der Waals surface area contributed by atoms with E-state index in [0.717, 1.165) is 0 Å². The van der Waals surface area contributed by atoms with E-state index in [1.165, 1.54) is 6.20 Å². The molecule has 2 rings (SSSR count). The summed E-state index contributed by atoms with van der Waals surface area (Å²) in [5.74, 6) is -0.630. The van der Waals surface area contributed by atoms with Crippen molar-refractivity contribution < 1.29 is 19.4 Å². The average molecular weight is 236 g/mol. The Bertz CT molecular complexity index is 535. The van der Waals surface area contributed by atoms with Crippen molar-refractivity contribution in [3.63, 3.8) is 0 Å². The van der Waals surface area contributed by atoms with Gasteiger partial charge in [0.2, 0.25) is 5.88 Å². The van der Waals surface area contributed by atoms with Gasteiger partial charge in [-0.25, -0.2) is 9.78 Å². The molecule has 2 heterocycles. The number of aromatic amines is 1. The van der Waals surface area contributed by atoms with Crippen LogP contribution in [0.4, 0.5) is 0 Å². The zero-order valence-electron chi connectivity index (χ0n) is 9.27. The van der Waals surface area contributed by atoms with Gasteiger partial charge in [0, 0.05) is 19.4 Å². The second-order valence-electron chi connectivity index (χ2n) is 3.39. The molecule has 0 spiro atoms. The Morgan fingerprint density at radius 1 is 1.47 bits per heavy atom. The SMILES string of the molecule is COCCOc1ccc2[nH]cc(C(=O)O)c2n1. The zero-order chi connectivity index (χ0) is 12.3. The fourth-order valence-corrected chi connectivity index (χ4v) is 1.45. The molecule has 0 aliphatic carbocycles. The fourth-order valence-electron chi connectivity index (χ4n) is 1.45. The number of aromatic carboxylic acids is 1. The van der Waals surface area contributed by atoms with Gasteiger partial charge < -0.3 is 19.6 Å². The second kappa shape index (κ2) is 4.84. The lowest BCUT2D eigenvalue weighted by atomic mass is 10.3. The molecule has 0 saturated heterocycles. The number of nitrogens with one attached hydrogen (secondary N) is 1. The molecule has 6 heteroatoms. The van der Waals surface area contributed by atoms with Gasteiger partial charge in [0.25, 0.3) is 0 Å². The Morgan fingerprint density at radius 2 is 2.29 bits per heavy atom. The van der Waals surface area contributed by atoms with Crippen molar-refractivity contribution in [2.45, 2.75) is 0 Å². The van der Waals surface area contributed by atoms with E-state index in [9.17, 15) is 4.79 Å². The van der Waals surface area contributed by atoms with E-state index >= 15 is 0 Å². The first-order valence-electron chi connectivity index (χ1n) is 5.05. The van der Waals surface area contributed by atoms with Crippen molar-refractivity contribution in [3.8, 4) is 5.88 Å². The van der Waals surface area contributed by atoms with Crippen LogP contribution in [0.2, 0.25) is 0 Å². The van der Waals surface area contributed by atoms with E-state index in [4.69, 9.17) is 14.6 Å². The number of rotatable bonds is 5. The van der Waals surface area contributed by atoms with Crippen molar-refractivity contribution in [2.75, 3.05) is 20.3 Å². The minimum absolute atomic E-state index is 0.136. The first kappa shape index (κ1) is 11.4. The number of nitrogens with zero attached hydrogens (tertiary/aromatic N) is 1. The van der Waals surface area contributed by atoms with Gasteiger partial charge in [0.15, 0.2) is 0 Å². The minimum Gasteiger partial charge on any atom is -0.478 e. The van der Waals surface area contributed by atoms with Gasteiger partial charge in [-0.1, -0.05) is 0 Å². The molecule has 6 nitrogen and oxygen atoms in total. The maximum atomic E-state index is 10.9. The molecule has 2 aromatic heterocycles. The molecule has 0 atom stereocenters. The Hall–Kier alpha value is -2.08. The molecule has 0 fully saturated rings. The van der Waals surface area contributed by atoms with E-state index in [1.54, 1.807) is 19.2 Å².